The molecule has 0 aliphatic heterocycles. The Balaban J connectivity index is 1.54. The van der Waals surface area contributed by atoms with Crippen molar-refractivity contribution in [2.24, 2.45) is 0 Å². The first-order chi connectivity index (χ1) is 18.6. The fourth-order valence-electron chi connectivity index (χ4n) is 4.53. The van der Waals surface area contributed by atoms with Gasteiger partial charge in [-0.1, -0.05) is 72.0 Å². The summed E-state index contributed by atoms with van der Waals surface area (Å²) in [5.74, 6) is 0.530. The van der Waals surface area contributed by atoms with E-state index in [-0.39, 0.29) is 5.91 Å². The number of methoxy groups -OCH3 is 1. The van der Waals surface area contributed by atoms with E-state index in [1.807, 2.05) is 91.9 Å². The first kappa shape index (κ1) is 23.8. The Hall–Kier alpha value is -4.62. The molecule has 6 aromatic rings. The van der Waals surface area contributed by atoms with E-state index < -0.39 is 0 Å². The summed E-state index contributed by atoms with van der Waals surface area (Å²) in [5.41, 5.74) is 5.77. The van der Waals surface area contributed by atoms with Crippen molar-refractivity contribution in [3.63, 3.8) is 0 Å². The highest BCUT2D eigenvalue weighted by Gasteiger charge is 2.25. The zero-order valence-corrected chi connectivity index (χ0v) is 21.8. The summed E-state index contributed by atoms with van der Waals surface area (Å²) in [6, 6.07) is 27.3. The SMILES string of the molecule is COc1ccc(C)c2sc(N(Cc3cccnc3)C(=O)c3cc(-c4ccccc4)nc4ccccc34)nc12. The number of hydrogen-bond acceptors (Lipinski definition) is 6. The minimum Gasteiger partial charge on any atom is -0.494 e. The Morgan fingerprint density at radius 3 is 2.55 bits per heavy atom. The van der Waals surface area contributed by atoms with Crippen LogP contribution in [0.4, 0.5) is 5.13 Å². The van der Waals surface area contributed by atoms with E-state index in [9.17, 15) is 4.79 Å². The van der Waals surface area contributed by atoms with Crippen molar-refractivity contribution in [2.75, 3.05) is 12.0 Å². The number of hydrogen-bond donors (Lipinski definition) is 0. The molecule has 0 aliphatic carbocycles. The summed E-state index contributed by atoms with van der Waals surface area (Å²) in [6.45, 7) is 2.37. The monoisotopic (exact) mass is 516 g/mol. The minimum absolute atomic E-state index is 0.152. The number of anilines is 1. The Morgan fingerprint density at radius 2 is 1.76 bits per heavy atom. The van der Waals surface area contributed by atoms with Crippen LogP contribution in [0.1, 0.15) is 21.5 Å². The van der Waals surface area contributed by atoms with Crippen molar-refractivity contribution in [1.29, 1.82) is 0 Å². The molecule has 0 N–H and O–H groups in total. The van der Waals surface area contributed by atoms with Gasteiger partial charge < -0.3 is 4.74 Å². The van der Waals surface area contributed by atoms with Crippen LogP contribution in [0.5, 0.6) is 5.75 Å². The van der Waals surface area contributed by atoms with E-state index in [0.29, 0.717) is 23.0 Å². The zero-order valence-electron chi connectivity index (χ0n) is 21.0. The van der Waals surface area contributed by atoms with Crippen LogP contribution in [0.15, 0.2) is 97.3 Å². The number of pyridine rings is 2. The molecule has 1 amide bonds. The average Bonchev–Trinajstić information content (AvgIpc) is 3.42. The number of amides is 1. The second kappa shape index (κ2) is 10.0. The lowest BCUT2D eigenvalue weighted by Gasteiger charge is -2.21. The molecule has 6 nitrogen and oxygen atoms in total. The maximum absolute atomic E-state index is 14.5. The summed E-state index contributed by atoms with van der Waals surface area (Å²) in [7, 11) is 1.63. The summed E-state index contributed by atoms with van der Waals surface area (Å²) >= 11 is 1.49. The van der Waals surface area contributed by atoms with Crippen molar-refractivity contribution in [3.05, 3.63) is 114 Å². The summed E-state index contributed by atoms with van der Waals surface area (Å²) in [6.07, 6.45) is 3.50. The predicted octanol–water partition coefficient (Wildman–Crippen LogP) is 7.07. The molecule has 0 unspecified atom stereocenters. The number of carbonyl (C=O) groups excluding carboxylic acids is 1. The van der Waals surface area contributed by atoms with Crippen LogP contribution in [0, 0.1) is 6.92 Å². The highest BCUT2D eigenvalue weighted by Crippen LogP contribution is 2.38. The maximum atomic E-state index is 14.5. The van der Waals surface area contributed by atoms with Crippen LogP contribution >= 0.6 is 11.3 Å². The minimum atomic E-state index is -0.152. The topological polar surface area (TPSA) is 68.2 Å². The average molecular weight is 517 g/mol. The number of para-hydroxylation sites is 1. The Bertz CT molecular complexity index is 1770. The Morgan fingerprint density at radius 1 is 0.947 bits per heavy atom. The van der Waals surface area contributed by atoms with Gasteiger partial charge in [0, 0.05) is 23.3 Å². The molecule has 3 aromatic carbocycles. The van der Waals surface area contributed by atoms with Gasteiger partial charge in [0.1, 0.15) is 11.3 Å². The lowest BCUT2D eigenvalue weighted by atomic mass is 10.0. The number of nitrogens with zero attached hydrogens (tertiary/aromatic N) is 4. The van der Waals surface area contributed by atoms with Crippen molar-refractivity contribution in [3.8, 4) is 17.0 Å². The number of ether oxygens (including phenoxy) is 1. The van der Waals surface area contributed by atoms with Crippen LogP contribution < -0.4 is 9.64 Å². The largest absolute Gasteiger partial charge is 0.494 e. The van der Waals surface area contributed by atoms with Gasteiger partial charge in [0.2, 0.25) is 0 Å². The number of rotatable bonds is 6. The van der Waals surface area contributed by atoms with Gasteiger partial charge in [-0.2, -0.15) is 0 Å². The molecule has 6 rings (SSSR count). The quantitative estimate of drug-likeness (QED) is 0.237. The molecule has 7 heteroatoms. The fraction of sp³-hybridized carbons (Fsp3) is 0.0968. The molecule has 0 spiro atoms. The summed E-state index contributed by atoms with van der Waals surface area (Å²) in [4.78, 5) is 30.3. The molecule has 0 fully saturated rings. The number of thiazole rings is 1. The van der Waals surface area contributed by atoms with Gasteiger partial charge in [-0.05, 0) is 42.3 Å². The Kier molecular flexibility index (Phi) is 6.27. The normalized spacial score (nSPS) is 11.1. The van der Waals surface area contributed by atoms with Crippen molar-refractivity contribution in [2.45, 2.75) is 13.5 Å². The van der Waals surface area contributed by atoms with E-state index in [1.165, 1.54) is 11.3 Å². The molecule has 38 heavy (non-hydrogen) atoms. The third-order valence-corrected chi connectivity index (χ3v) is 7.68. The van der Waals surface area contributed by atoms with E-state index >= 15 is 0 Å². The van der Waals surface area contributed by atoms with Crippen LogP contribution in [-0.4, -0.2) is 28.0 Å². The van der Waals surface area contributed by atoms with Gasteiger partial charge in [0.15, 0.2) is 5.13 Å². The maximum Gasteiger partial charge on any atom is 0.261 e. The Labute approximate surface area is 224 Å². The molecular formula is C31H24N4O2S. The number of fused-ring (bicyclic) bond motifs is 2. The number of benzene rings is 3. The van der Waals surface area contributed by atoms with Crippen LogP contribution in [0.25, 0.3) is 32.4 Å². The third-order valence-electron chi connectivity index (χ3n) is 6.47. The van der Waals surface area contributed by atoms with Crippen LogP contribution in [-0.2, 0) is 6.54 Å². The second-order valence-electron chi connectivity index (χ2n) is 8.95. The highest BCUT2D eigenvalue weighted by molar-refractivity contribution is 7.22. The van der Waals surface area contributed by atoms with Crippen molar-refractivity contribution >= 4 is 43.5 Å². The number of aryl methyl sites for hydroxylation is 1. The van der Waals surface area contributed by atoms with E-state index in [2.05, 4.69) is 4.98 Å². The van der Waals surface area contributed by atoms with Gasteiger partial charge in [0.05, 0.1) is 35.1 Å². The molecule has 0 radical (unpaired) electrons. The molecule has 0 atom stereocenters. The molecule has 0 bridgehead atoms. The molecule has 3 aromatic heterocycles. The van der Waals surface area contributed by atoms with Gasteiger partial charge in [0.25, 0.3) is 5.91 Å². The standard InChI is InChI=1S/C31H24N4O2S/c1-20-14-15-27(37-2)28-29(20)38-31(34-28)35(19-21-9-8-16-32-18-21)30(36)24-17-26(22-10-4-3-5-11-22)33-25-13-7-6-12-23(24)25/h3-18H,19H2,1-2H3. The van der Waals surface area contributed by atoms with Crippen molar-refractivity contribution < 1.29 is 9.53 Å². The molecule has 186 valence electrons. The van der Waals surface area contributed by atoms with E-state index in [0.717, 1.165) is 43.5 Å². The first-order valence-electron chi connectivity index (χ1n) is 12.2. The molecule has 3 heterocycles. The fourth-order valence-corrected chi connectivity index (χ4v) is 5.58. The number of carbonyl (C=O) groups is 1. The van der Waals surface area contributed by atoms with Crippen molar-refractivity contribution in [1.82, 2.24) is 15.0 Å². The lowest BCUT2D eigenvalue weighted by molar-refractivity contribution is 0.0986. The third kappa shape index (κ3) is 4.37. The van der Waals surface area contributed by atoms with Crippen LogP contribution in [0.3, 0.4) is 0 Å². The second-order valence-corrected chi connectivity index (χ2v) is 9.93. The van der Waals surface area contributed by atoms with Gasteiger partial charge in [-0.3, -0.25) is 14.7 Å². The molecule has 0 saturated carbocycles. The first-order valence-corrected chi connectivity index (χ1v) is 13.0. The van der Waals surface area contributed by atoms with Gasteiger partial charge in [-0.25, -0.2) is 9.97 Å². The highest BCUT2D eigenvalue weighted by atomic mass is 32.1. The molecule has 0 aliphatic rings. The van der Waals surface area contributed by atoms with Crippen LogP contribution in [0.2, 0.25) is 0 Å². The van der Waals surface area contributed by atoms with E-state index in [1.54, 1.807) is 24.4 Å². The smallest absolute Gasteiger partial charge is 0.261 e. The van der Waals surface area contributed by atoms with Gasteiger partial charge in [-0.15, -0.1) is 0 Å². The molecular weight excluding hydrogens is 492 g/mol. The molecule has 0 saturated heterocycles. The lowest BCUT2D eigenvalue weighted by Crippen LogP contribution is -2.30. The predicted molar refractivity (Wildman–Crippen MR) is 153 cm³/mol. The zero-order chi connectivity index (χ0) is 26.1. The summed E-state index contributed by atoms with van der Waals surface area (Å²) < 4.78 is 6.58. The van der Waals surface area contributed by atoms with E-state index in [4.69, 9.17) is 14.7 Å². The summed E-state index contributed by atoms with van der Waals surface area (Å²) in [5, 5.41) is 1.40. The van der Waals surface area contributed by atoms with Gasteiger partial charge >= 0.3 is 0 Å². The number of aromatic nitrogens is 3.